The van der Waals surface area contributed by atoms with Gasteiger partial charge in [-0.25, -0.2) is 4.98 Å². The molecule has 0 unspecified atom stereocenters. The zero-order chi connectivity index (χ0) is 20.9. The summed E-state index contributed by atoms with van der Waals surface area (Å²) < 4.78 is 49.6. The van der Waals surface area contributed by atoms with Gasteiger partial charge < -0.3 is 9.47 Å². The molecule has 0 amide bonds. The highest BCUT2D eigenvalue weighted by molar-refractivity contribution is 7.13. The molecule has 0 bridgehead atoms. The zero-order valence-corrected chi connectivity index (χ0v) is 16.5. The molecule has 0 spiro atoms. The maximum atomic E-state index is 12.9. The number of aromatic nitrogens is 1. The Morgan fingerprint density at radius 3 is 2.69 bits per heavy atom. The molecule has 0 saturated heterocycles. The number of thiazole rings is 1. The van der Waals surface area contributed by atoms with Crippen LogP contribution >= 0.6 is 11.3 Å². The van der Waals surface area contributed by atoms with E-state index in [-0.39, 0.29) is 6.61 Å². The minimum atomic E-state index is -4.40. The number of halogens is 3. The van der Waals surface area contributed by atoms with Crippen molar-refractivity contribution in [3.8, 4) is 11.5 Å². The molecule has 0 aliphatic carbocycles. The van der Waals surface area contributed by atoms with E-state index < -0.39 is 11.7 Å². The standard InChI is InChI=1S/C20H18F3N3O2S/c1-13-12-29-19(25-13)26-24-10-14-6-7-17(27-2)18(9-14)28-11-15-4-3-5-16(8-15)20(21,22)23/h3-10,12H,11H2,1-2H3,(H,25,26). The molecule has 0 aliphatic heterocycles. The van der Waals surface area contributed by atoms with Crippen molar-refractivity contribution >= 4 is 22.7 Å². The molecule has 3 aromatic rings. The lowest BCUT2D eigenvalue weighted by Gasteiger charge is -2.13. The number of methoxy groups -OCH3 is 1. The van der Waals surface area contributed by atoms with Crippen molar-refractivity contribution in [2.75, 3.05) is 12.5 Å². The summed E-state index contributed by atoms with van der Waals surface area (Å²) in [5, 5.41) is 6.71. The fourth-order valence-corrected chi connectivity index (χ4v) is 3.09. The third kappa shape index (κ3) is 5.71. The average molecular weight is 421 g/mol. The van der Waals surface area contributed by atoms with E-state index in [4.69, 9.17) is 9.47 Å². The van der Waals surface area contributed by atoms with E-state index in [1.165, 1.54) is 24.5 Å². The van der Waals surface area contributed by atoms with Gasteiger partial charge in [-0.1, -0.05) is 12.1 Å². The number of nitrogens with one attached hydrogen (secondary N) is 1. The van der Waals surface area contributed by atoms with Crippen LogP contribution in [0.3, 0.4) is 0 Å². The van der Waals surface area contributed by atoms with Crippen molar-refractivity contribution in [1.29, 1.82) is 0 Å². The van der Waals surface area contributed by atoms with E-state index in [2.05, 4.69) is 15.5 Å². The Bertz CT molecular complexity index is 1000. The highest BCUT2D eigenvalue weighted by Crippen LogP contribution is 2.31. The van der Waals surface area contributed by atoms with Gasteiger partial charge in [-0.2, -0.15) is 18.3 Å². The number of anilines is 1. The fourth-order valence-electron chi connectivity index (χ4n) is 2.45. The molecule has 152 valence electrons. The summed E-state index contributed by atoms with van der Waals surface area (Å²) in [5.74, 6) is 0.872. The molecule has 5 nitrogen and oxygen atoms in total. The number of aryl methyl sites for hydroxylation is 1. The lowest BCUT2D eigenvalue weighted by atomic mass is 10.1. The first kappa shape index (κ1) is 20.7. The van der Waals surface area contributed by atoms with Crippen LogP contribution in [-0.2, 0) is 12.8 Å². The van der Waals surface area contributed by atoms with E-state index in [0.29, 0.717) is 22.2 Å². The number of hydrogen-bond acceptors (Lipinski definition) is 6. The predicted octanol–water partition coefficient (Wildman–Crippen LogP) is 5.50. The number of ether oxygens (including phenoxy) is 2. The normalized spacial score (nSPS) is 11.6. The van der Waals surface area contributed by atoms with Crippen LogP contribution in [0.4, 0.5) is 18.3 Å². The molecular formula is C20H18F3N3O2S. The van der Waals surface area contributed by atoms with Gasteiger partial charge in [0, 0.05) is 5.38 Å². The third-order valence-corrected chi connectivity index (χ3v) is 4.69. The third-order valence-electron chi connectivity index (χ3n) is 3.83. The molecular weight excluding hydrogens is 403 g/mol. The molecule has 1 heterocycles. The molecule has 1 aromatic heterocycles. The van der Waals surface area contributed by atoms with Crippen LogP contribution in [0.1, 0.15) is 22.4 Å². The van der Waals surface area contributed by atoms with Crippen molar-refractivity contribution in [1.82, 2.24) is 4.98 Å². The Kier molecular flexibility index (Phi) is 6.38. The highest BCUT2D eigenvalue weighted by atomic mass is 32.1. The number of hydrogen-bond donors (Lipinski definition) is 1. The van der Waals surface area contributed by atoms with Crippen LogP contribution in [-0.4, -0.2) is 18.3 Å². The first-order chi connectivity index (χ1) is 13.8. The quantitative estimate of drug-likeness (QED) is 0.404. The van der Waals surface area contributed by atoms with Crippen LogP contribution in [0, 0.1) is 6.92 Å². The van der Waals surface area contributed by atoms with E-state index in [1.54, 1.807) is 30.5 Å². The maximum absolute atomic E-state index is 12.9. The first-order valence-electron chi connectivity index (χ1n) is 8.53. The minimum absolute atomic E-state index is 0.0302. The molecule has 0 atom stereocenters. The van der Waals surface area contributed by atoms with Crippen molar-refractivity contribution in [3.05, 3.63) is 70.2 Å². The van der Waals surface area contributed by atoms with Crippen LogP contribution < -0.4 is 14.9 Å². The smallest absolute Gasteiger partial charge is 0.416 e. The Labute approximate surface area is 169 Å². The van der Waals surface area contributed by atoms with Crippen LogP contribution in [0.15, 0.2) is 52.9 Å². The summed E-state index contributed by atoms with van der Waals surface area (Å²) in [6, 6.07) is 10.2. The van der Waals surface area contributed by atoms with Crippen LogP contribution in [0.25, 0.3) is 0 Å². The Morgan fingerprint density at radius 1 is 1.17 bits per heavy atom. The number of nitrogens with zero attached hydrogens (tertiary/aromatic N) is 2. The summed E-state index contributed by atoms with van der Waals surface area (Å²) in [7, 11) is 1.49. The van der Waals surface area contributed by atoms with Gasteiger partial charge in [-0.3, -0.25) is 5.43 Å². The Morgan fingerprint density at radius 2 is 2.00 bits per heavy atom. The van der Waals surface area contributed by atoms with Gasteiger partial charge in [-0.05, 0) is 48.4 Å². The van der Waals surface area contributed by atoms with E-state index in [1.807, 2.05) is 12.3 Å². The number of rotatable bonds is 7. The van der Waals surface area contributed by atoms with Gasteiger partial charge in [0.1, 0.15) is 6.61 Å². The van der Waals surface area contributed by atoms with Gasteiger partial charge in [0.2, 0.25) is 5.13 Å². The molecule has 0 radical (unpaired) electrons. The summed E-state index contributed by atoms with van der Waals surface area (Å²) in [6.45, 7) is 1.86. The molecule has 3 rings (SSSR count). The van der Waals surface area contributed by atoms with Gasteiger partial charge in [0.05, 0.1) is 24.6 Å². The summed E-state index contributed by atoms with van der Waals surface area (Å²) in [6.07, 6.45) is -2.81. The number of hydrazone groups is 1. The second-order valence-corrected chi connectivity index (χ2v) is 6.92. The lowest BCUT2D eigenvalue weighted by molar-refractivity contribution is -0.137. The monoisotopic (exact) mass is 421 g/mol. The average Bonchev–Trinajstić information content (AvgIpc) is 3.11. The summed E-state index contributed by atoms with van der Waals surface area (Å²) >= 11 is 1.44. The maximum Gasteiger partial charge on any atom is 0.416 e. The van der Waals surface area contributed by atoms with Gasteiger partial charge in [0.25, 0.3) is 0 Å². The van der Waals surface area contributed by atoms with Gasteiger partial charge in [0.15, 0.2) is 11.5 Å². The number of benzene rings is 2. The SMILES string of the molecule is COc1ccc(C=NNc2nc(C)cs2)cc1OCc1cccc(C(F)(F)F)c1. The topological polar surface area (TPSA) is 55.7 Å². The highest BCUT2D eigenvalue weighted by Gasteiger charge is 2.30. The second-order valence-electron chi connectivity index (χ2n) is 6.06. The van der Waals surface area contributed by atoms with Crippen molar-refractivity contribution in [2.45, 2.75) is 19.7 Å². The summed E-state index contributed by atoms with van der Waals surface area (Å²) in [4.78, 5) is 4.24. The predicted molar refractivity (Wildman–Crippen MR) is 107 cm³/mol. The molecule has 0 fully saturated rings. The second kappa shape index (κ2) is 8.95. The van der Waals surface area contributed by atoms with Crippen molar-refractivity contribution in [2.24, 2.45) is 5.10 Å². The Balaban J connectivity index is 1.70. The molecule has 1 N–H and O–H groups in total. The zero-order valence-electron chi connectivity index (χ0n) is 15.7. The van der Waals surface area contributed by atoms with Crippen LogP contribution in [0.5, 0.6) is 11.5 Å². The Hall–Kier alpha value is -3.07. The fraction of sp³-hybridized carbons (Fsp3) is 0.200. The number of alkyl halides is 3. The molecule has 0 saturated carbocycles. The van der Waals surface area contributed by atoms with Crippen LogP contribution in [0.2, 0.25) is 0 Å². The minimum Gasteiger partial charge on any atom is -0.493 e. The molecule has 0 aliphatic rings. The van der Waals surface area contributed by atoms with E-state index in [9.17, 15) is 13.2 Å². The van der Waals surface area contributed by atoms with Crippen molar-refractivity contribution in [3.63, 3.8) is 0 Å². The van der Waals surface area contributed by atoms with Gasteiger partial charge in [-0.15, -0.1) is 11.3 Å². The first-order valence-corrected chi connectivity index (χ1v) is 9.41. The molecule has 2 aromatic carbocycles. The van der Waals surface area contributed by atoms with E-state index in [0.717, 1.165) is 23.4 Å². The van der Waals surface area contributed by atoms with E-state index >= 15 is 0 Å². The lowest BCUT2D eigenvalue weighted by Crippen LogP contribution is -2.06. The summed E-state index contributed by atoms with van der Waals surface area (Å²) in [5.41, 5.74) is 4.16. The van der Waals surface area contributed by atoms with Crippen molar-refractivity contribution < 1.29 is 22.6 Å². The molecule has 29 heavy (non-hydrogen) atoms. The largest absolute Gasteiger partial charge is 0.493 e. The molecule has 9 heteroatoms. The van der Waals surface area contributed by atoms with Gasteiger partial charge >= 0.3 is 6.18 Å².